The summed E-state index contributed by atoms with van der Waals surface area (Å²) in [5, 5.41) is 3.19. The highest BCUT2D eigenvalue weighted by molar-refractivity contribution is 5.65. The van der Waals surface area contributed by atoms with Crippen molar-refractivity contribution in [3.63, 3.8) is 0 Å². The van der Waals surface area contributed by atoms with Crippen LogP contribution in [-0.2, 0) is 0 Å². The van der Waals surface area contributed by atoms with Gasteiger partial charge in [-0.2, -0.15) is 0 Å². The van der Waals surface area contributed by atoms with Crippen molar-refractivity contribution in [2.24, 2.45) is 0 Å². The predicted octanol–water partition coefficient (Wildman–Crippen LogP) is 2.88. The van der Waals surface area contributed by atoms with Crippen LogP contribution in [-0.4, -0.2) is 16.5 Å². The summed E-state index contributed by atoms with van der Waals surface area (Å²) in [6.45, 7) is 5.00. The minimum absolute atomic E-state index is 0.865. The summed E-state index contributed by atoms with van der Waals surface area (Å²) >= 11 is 0. The van der Waals surface area contributed by atoms with Crippen LogP contribution in [0.4, 0.5) is 5.82 Å². The molecule has 0 aliphatic carbocycles. The van der Waals surface area contributed by atoms with Crippen molar-refractivity contribution in [3.8, 4) is 11.3 Å². The summed E-state index contributed by atoms with van der Waals surface area (Å²) in [5.74, 6) is 0.871. The van der Waals surface area contributed by atoms with Crippen LogP contribution in [0.1, 0.15) is 12.5 Å². The first kappa shape index (κ1) is 10.6. The Hall–Kier alpha value is -1.90. The summed E-state index contributed by atoms with van der Waals surface area (Å²) in [6.07, 6.45) is 1.60. The highest BCUT2D eigenvalue weighted by atomic mass is 15.0. The molecule has 16 heavy (non-hydrogen) atoms. The van der Waals surface area contributed by atoms with Gasteiger partial charge in [-0.3, -0.25) is 0 Å². The maximum absolute atomic E-state index is 4.30. The number of hydrogen-bond acceptors (Lipinski definition) is 3. The Bertz CT molecular complexity index is 480. The van der Waals surface area contributed by atoms with Crippen LogP contribution in [0.3, 0.4) is 0 Å². The molecule has 0 saturated heterocycles. The van der Waals surface area contributed by atoms with E-state index in [1.54, 1.807) is 6.33 Å². The van der Waals surface area contributed by atoms with Crippen molar-refractivity contribution in [1.29, 1.82) is 0 Å². The van der Waals surface area contributed by atoms with Gasteiger partial charge in [0.25, 0.3) is 0 Å². The minimum atomic E-state index is 0.865. The van der Waals surface area contributed by atoms with Gasteiger partial charge in [-0.1, -0.05) is 24.3 Å². The molecule has 0 aliphatic rings. The molecule has 0 fully saturated rings. The summed E-state index contributed by atoms with van der Waals surface area (Å²) in [5.41, 5.74) is 3.34. The Morgan fingerprint density at radius 1 is 1.19 bits per heavy atom. The molecule has 1 heterocycles. The van der Waals surface area contributed by atoms with E-state index in [1.165, 1.54) is 5.56 Å². The normalized spacial score (nSPS) is 10.1. The van der Waals surface area contributed by atoms with Crippen molar-refractivity contribution in [1.82, 2.24) is 9.97 Å². The molecule has 0 amide bonds. The largest absolute Gasteiger partial charge is 0.370 e. The lowest BCUT2D eigenvalue weighted by molar-refractivity contribution is 1.11. The van der Waals surface area contributed by atoms with Gasteiger partial charge in [-0.25, -0.2) is 9.97 Å². The quantitative estimate of drug-likeness (QED) is 0.851. The Morgan fingerprint density at radius 2 is 2.00 bits per heavy atom. The molecule has 1 aromatic heterocycles. The maximum Gasteiger partial charge on any atom is 0.129 e. The third-order valence-electron chi connectivity index (χ3n) is 2.45. The number of rotatable bonds is 3. The Labute approximate surface area is 95.6 Å². The second-order valence-corrected chi connectivity index (χ2v) is 3.63. The first-order chi connectivity index (χ1) is 7.81. The van der Waals surface area contributed by atoms with Crippen molar-refractivity contribution < 1.29 is 0 Å². The van der Waals surface area contributed by atoms with Crippen LogP contribution in [0.5, 0.6) is 0 Å². The average molecular weight is 213 g/mol. The molecule has 0 unspecified atom stereocenters. The summed E-state index contributed by atoms with van der Waals surface area (Å²) in [7, 11) is 0. The molecular formula is C13H15N3. The molecule has 0 saturated carbocycles. The molecular weight excluding hydrogens is 198 g/mol. The lowest BCUT2D eigenvalue weighted by Gasteiger charge is -2.06. The molecule has 0 spiro atoms. The fraction of sp³-hybridized carbons (Fsp3) is 0.231. The van der Waals surface area contributed by atoms with Gasteiger partial charge < -0.3 is 5.32 Å². The van der Waals surface area contributed by atoms with Gasteiger partial charge in [0.2, 0.25) is 0 Å². The minimum Gasteiger partial charge on any atom is -0.370 e. The zero-order valence-electron chi connectivity index (χ0n) is 9.57. The monoisotopic (exact) mass is 213 g/mol. The van der Waals surface area contributed by atoms with E-state index < -0.39 is 0 Å². The third kappa shape index (κ3) is 2.19. The van der Waals surface area contributed by atoms with Crippen LogP contribution in [0, 0.1) is 6.92 Å². The molecule has 3 heteroatoms. The van der Waals surface area contributed by atoms with E-state index in [9.17, 15) is 0 Å². The molecule has 0 bridgehead atoms. The van der Waals surface area contributed by atoms with Gasteiger partial charge in [-0.05, 0) is 19.4 Å². The van der Waals surface area contributed by atoms with E-state index in [2.05, 4.69) is 41.3 Å². The first-order valence-electron chi connectivity index (χ1n) is 5.43. The molecule has 3 nitrogen and oxygen atoms in total. The van der Waals surface area contributed by atoms with E-state index in [0.29, 0.717) is 0 Å². The molecule has 2 aromatic rings. The predicted molar refractivity (Wildman–Crippen MR) is 66.4 cm³/mol. The van der Waals surface area contributed by atoms with Gasteiger partial charge in [0.15, 0.2) is 0 Å². The topological polar surface area (TPSA) is 37.8 Å². The second-order valence-electron chi connectivity index (χ2n) is 3.63. The number of anilines is 1. The smallest absolute Gasteiger partial charge is 0.129 e. The molecule has 0 radical (unpaired) electrons. The van der Waals surface area contributed by atoms with Crippen LogP contribution < -0.4 is 5.32 Å². The van der Waals surface area contributed by atoms with Crippen LogP contribution in [0.15, 0.2) is 36.7 Å². The third-order valence-corrected chi connectivity index (χ3v) is 2.45. The number of aryl methyl sites for hydroxylation is 1. The zero-order valence-corrected chi connectivity index (χ0v) is 9.57. The average Bonchev–Trinajstić information content (AvgIpc) is 2.30. The molecule has 82 valence electrons. The molecule has 1 aromatic carbocycles. The number of nitrogens with one attached hydrogen (secondary N) is 1. The van der Waals surface area contributed by atoms with Gasteiger partial charge >= 0.3 is 0 Å². The number of nitrogens with zero attached hydrogens (tertiary/aromatic N) is 2. The van der Waals surface area contributed by atoms with Crippen LogP contribution >= 0.6 is 0 Å². The van der Waals surface area contributed by atoms with Crippen LogP contribution in [0.25, 0.3) is 11.3 Å². The summed E-state index contributed by atoms with van der Waals surface area (Å²) in [6, 6.07) is 10.2. The number of aromatic nitrogens is 2. The van der Waals surface area contributed by atoms with E-state index in [-0.39, 0.29) is 0 Å². The first-order valence-corrected chi connectivity index (χ1v) is 5.43. The van der Waals surface area contributed by atoms with Gasteiger partial charge in [-0.15, -0.1) is 0 Å². The maximum atomic E-state index is 4.30. The zero-order chi connectivity index (χ0) is 11.4. The van der Waals surface area contributed by atoms with E-state index in [0.717, 1.165) is 23.6 Å². The highest BCUT2D eigenvalue weighted by Gasteiger charge is 2.03. The lowest BCUT2D eigenvalue weighted by atomic mass is 10.1. The van der Waals surface area contributed by atoms with E-state index in [1.807, 2.05) is 18.2 Å². The fourth-order valence-corrected chi connectivity index (χ4v) is 1.64. The Morgan fingerprint density at radius 3 is 2.75 bits per heavy atom. The van der Waals surface area contributed by atoms with Gasteiger partial charge in [0, 0.05) is 18.2 Å². The Kier molecular flexibility index (Phi) is 3.15. The number of benzene rings is 1. The van der Waals surface area contributed by atoms with E-state index in [4.69, 9.17) is 0 Å². The number of hydrogen-bond donors (Lipinski definition) is 1. The van der Waals surface area contributed by atoms with Gasteiger partial charge in [0.1, 0.15) is 12.1 Å². The van der Waals surface area contributed by atoms with E-state index >= 15 is 0 Å². The fourth-order valence-electron chi connectivity index (χ4n) is 1.64. The summed E-state index contributed by atoms with van der Waals surface area (Å²) < 4.78 is 0. The SMILES string of the molecule is CCNc1cc(-c2ccccc2C)ncn1. The second kappa shape index (κ2) is 4.75. The lowest BCUT2D eigenvalue weighted by Crippen LogP contribution is -2.00. The highest BCUT2D eigenvalue weighted by Crippen LogP contribution is 2.21. The van der Waals surface area contributed by atoms with Crippen molar-refractivity contribution in [2.75, 3.05) is 11.9 Å². The molecule has 1 N–H and O–H groups in total. The Balaban J connectivity index is 2.40. The summed E-state index contributed by atoms with van der Waals surface area (Å²) in [4.78, 5) is 8.46. The standard InChI is InChI=1S/C13H15N3/c1-3-14-13-8-12(15-9-16-13)11-7-5-4-6-10(11)2/h4-9H,3H2,1-2H3,(H,14,15,16). The van der Waals surface area contributed by atoms with Gasteiger partial charge in [0.05, 0.1) is 5.69 Å². The van der Waals surface area contributed by atoms with Crippen molar-refractivity contribution in [3.05, 3.63) is 42.2 Å². The molecule has 2 rings (SSSR count). The van der Waals surface area contributed by atoms with Crippen molar-refractivity contribution in [2.45, 2.75) is 13.8 Å². The van der Waals surface area contributed by atoms with Crippen LogP contribution in [0.2, 0.25) is 0 Å². The molecule has 0 atom stereocenters. The molecule has 0 aliphatic heterocycles. The van der Waals surface area contributed by atoms with Crippen molar-refractivity contribution >= 4 is 5.82 Å².